The summed E-state index contributed by atoms with van der Waals surface area (Å²) in [5.41, 5.74) is 1.57. The summed E-state index contributed by atoms with van der Waals surface area (Å²) in [6.07, 6.45) is 3.91. The minimum atomic E-state index is -0.0726. The van der Waals surface area contributed by atoms with Crippen molar-refractivity contribution in [1.29, 1.82) is 0 Å². The van der Waals surface area contributed by atoms with Crippen molar-refractivity contribution in [1.82, 2.24) is 30.3 Å². The Morgan fingerprint density at radius 2 is 2.30 bits per heavy atom. The van der Waals surface area contributed by atoms with Crippen molar-refractivity contribution < 1.29 is 4.79 Å². The van der Waals surface area contributed by atoms with Crippen molar-refractivity contribution in [2.24, 2.45) is 0 Å². The third-order valence-corrected chi connectivity index (χ3v) is 3.07. The molecule has 0 aromatic carbocycles. The Hall–Kier alpha value is -2.18. The number of nitrogens with zero attached hydrogens (tertiary/aromatic N) is 4. The fourth-order valence-electron chi connectivity index (χ4n) is 1.97. The number of rotatable bonds is 7. The van der Waals surface area contributed by atoms with Gasteiger partial charge in [0.25, 0.3) is 5.91 Å². The molecular formula is C13H20N6O. The van der Waals surface area contributed by atoms with Gasteiger partial charge in [-0.2, -0.15) is 10.2 Å². The van der Waals surface area contributed by atoms with Gasteiger partial charge in [0.1, 0.15) is 17.8 Å². The van der Waals surface area contributed by atoms with E-state index in [2.05, 4.69) is 25.6 Å². The summed E-state index contributed by atoms with van der Waals surface area (Å²) in [5, 5.41) is 13.9. The number of nitrogens with one attached hydrogen (secondary N) is 2. The predicted octanol–water partition coefficient (Wildman–Crippen LogP) is 0.946. The van der Waals surface area contributed by atoms with Crippen LogP contribution in [0.3, 0.4) is 0 Å². The molecule has 1 amide bonds. The average Bonchev–Trinajstić information content (AvgIpc) is 3.11. The van der Waals surface area contributed by atoms with Crippen LogP contribution in [0, 0.1) is 0 Å². The molecule has 2 aromatic rings. The zero-order valence-corrected chi connectivity index (χ0v) is 11.9. The van der Waals surface area contributed by atoms with Gasteiger partial charge < -0.3 is 5.32 Å². The van der Waals surface area contributed by atoms with Gasteiger partial charge >= 0.3 is 0 Å². The van der Waals surface area contributed by atoms with Gasteiger partial charge in [0, 0.05) is 19.5 Å². The van der Waals surface area contributed by atoms with Crippen molar-refractivity contribution in [3.8, 4) is 0 Å². The van der Waals surface area contributed by atoms with Crippen molar-refractivity contribution in [2.45, 2.75) is 39.7 Å². The molecule has 0 atom stereocenters. The van der Waals surface area contributed by atoms with Crippen LogP contribution >= 0.6 is 0 Å². The number of aromatic nitrogens is 5. The second kappa shape index (κ2) is 6.83. The van der Waals surface area contributed by atoms with Crippen molar-refractivity contribution in [3.63, 3.8) is 0 Å². The lowest BCUT2D eigenvalue weighted by molar-refractivity contribution is 0.0942. The van der Waals surface area contributed by atoms with Crippen LogP contribution in [0.25, 0.3) is 0 Å². The quantitative estimate of drug-likeness (QED) is 0.737. The first-order valence-electron chi connectivity index (χ1n) is 6.93. The van der Waals surface area contributed by atoms with Crippen molar-refractivity contribution in [3.05, 3.63) is 29.6 Å². The first kappa shape index (κ1) is 14.2. The smallest absolute Gasteiger partial charge is 0.269 e. The number of H-pyrrole nitrogens is 1. The lowest BCUT2D eigenvalue weighted by atomic mass is 10.2. The van der Waals surface area contributed by atoms with Gasteiger partial charge in [0.2, 0.25) is 0 Å². The van der Waals surface area contributed by atoms with Gasteiger partial charge in [-0.1, -0.05) is 6.92 Å². The van der Waals surface area contributed by atoms with Crippen LogP contribution < -0.4 is 5.32 Å². The molecule has 0 aliphatic heterocycles. The van der Waals surface area contributed by atoms with Crippen LogP contribution in [0.4, 0.5) is 0 Å². The SMILES string of the molecule is CCc1cc(C(=O)NCCCc2ncn[nH]2)n(CC)n1. The molecule has 0 saturated heterocycles. The Balaban J connectivity index is 1.83. The van der Waals surface area contributed by atoms with E-state index in [4.69, 9.17) is 0 Å². The van der Waals surface area contributed by atoms with Crippen LogP contribution in [-0.2, 0) is 19.4 Å². The molecule has 0 aliphatic rings. The van der Waals surface area contributed by atoms with E-state index in [9.17, 15) is 4.79 Å². The highest BCUT2D eigenvalue weighted by Gasteiger charge is 2.13. The van der Waals surface area contributed by atoms with Crippen LogP contribution in [0.15, 0.2) is 12.4 Å². The first-order valence-corrected chi connectivity index (χ1v) is 6.93. The maximum Gasteiger partial charge on any atom is 0.269 e. The van der Waals surface area contributed by atoms with E-state index in [1.807, 2.05) is 19.9 Å². The number of hydrogen-bond acceptors (Lipinski definition) is 4. The van der Waals surface area contributed by atoms with Crippen molar-refractivity contribution in [2.75, 3.05) is 6.54 Å². The predicted molar refractivity (Wildman–Crippen MR) is 74.3 cm³/mol. The van der Waals surface area contributed by atoms with E-state index >= 15 is 0 Å². The summed E-state index contributed by atoms with van der Waals surface area (Å²) in [7, 11) is 0. The summed E-state index contributed by atoms with van der Waals surface area (Å²) >= 11 is 0. The topological polar surface area (TPSA) is 88.5 Å². The third kappa shape index (κ3) is 3.43. The fraction of sp³-hybridized carbons (Fsp3) is 0.538. The molecule has 2 N–H and O–H groups in total. The monoisotopic (exact) mass is 276 g/mol. The number of carbonyl (C=O) groups is 1. The summed E-state index contributed by atoms with van der Waals surface area (Å²) in [6.45, 7) is 5.31. The van der Waals surface area contributed by atoms with Gasteiger partial charge in [0.15, 0.2) is 0 Å². The maximum atomic E-state index is 12.1. The van der Waals surface area contributed by atoms with E-state index in [1.54, 1.807) is 4.68 Å². The summed E-state index contributed by atoms with van der Waals surface area (Å²) in [6, 6.07) is 1.86. The highest BCUT2D eigenvalue weighted by molar-refractivity contribution is 5.92. The molecule has 0 fully saturated rings. The molecule has 0 unspecified atom stereocenters. The molecule has 20 heavy (non-hydrogen) atoms. The largest absolute Gasteiger partial charge is 0.351 e. The van der Waals surface area contributed by atoms with Crippen LogP contribution in [-0.4, -0.2) is 37.4 Å². The lowest BCUT2D eigenvalue weighted by Gasteiger charge is -2.05. The van der Waals surface area contributed by atoms with E-state index in [0.717, 1.165) is 30.8 Å². The number of hydrogen-bond donors (Lipinski definition) is 2. The zero-order valence-electron chi connectivity index (χ0n) is 11.9. The Bertz CT molecular complexity index is 545. The first-order chi connectivity index (χ1) is 9.74. The van der Waals surface area contributed by atoms with Crippen LogP contribution in [0.2, 0.25) is 0 Å². The Labute approximate surface area is 117 Å². The molecular weight excluding hydrogens is 256 g/mol. The third-order valence-electron chi connectivity index (χ3n) is 3.07. The summed E-state index contributed by atoms with van der Waals surface area (Å²) in [4.78, 5) is 16.1. The molecule has 0 bridgehead atoms. The lowest BCUT2D eigenvalue weighted by Crippen LogP contribution is -2.27. The maximum absolute atomic E-state index is 12.1. The molecule has 0 aliphatic carbocycles. The molecule has 108 valence electrons. The van der Waals surface area contributed by atoms with E-state index in [0.29, 0.717) is 18.8 Å². The second-order valence-electron chi connectivity index (χ2n) is 4.48. The number of carbonyl (C=O) groups excluding carboxylic acids is 1. The van der Waals surface area contributed by atoms with Gasteiger partial charge in [0.05, 0.1) is 5.69 Å². The minimum Gasteiger partial charge on any atom is -0.351 e. The van der Waals surface area contributed by atoms with Gasteiger partial charge in [-0.25, -0.2) is 4.98 Å². The average molecular weight is 276 g/mol. The minimum absolute atomic E-state index is 0.0726. The van der Waals surface area contributed by atoms with E-state index < -0.39 is 0 Å². The highest BCUT2D eigenvalue weighted by atomic mass is 16.2. The summed E-state index contributed by atoms with van der Waals surface area (Å²) < 4.78 is 1.74. The molecule has 0 radical (unpaired) electrons. The standard InChI is InChI=1S/C13H20N6O/c1-3-10-8-11(19(4-2)18-10)13(20)14-7-5-6-12-15-9-16-17-12/h8-9H,3-7H2,1-2H3,(H,14,20)(H,15,16,17). The van der Waals surface area contributed by atoms with E-state index in [1.165, 1.54) is 6.33 Å². The Morgan fingerprint density at radius 3 is 2.95 bits per heavy atom. The molecule has 7 heteroatoms. The summed E-state index contributed by atoms with van der Waals surface area (Å²) in [5.74, 6) is 0.766. The normalized spacial score (nSPS) is 10.7. The van der Waals surface area contributed by atoms with Crippen LogP contribution in [0.5, 0.6) is 0 Å². The molecule has 0 spiro atoms. The Morgan fingerprint density at radius 1 is 1.45 bits per heavy atom. The number of aryl methyl sites for hydroxylation is 3. The van der Waals surface area contributed by atoms with Gasteiger partial charge in [-0.05, 0) is 25.8 Å². The second-order valence-corrected chi connectivity index (χ2v) is 4.48. The molecule has 2 rings (SSSR count). The highest BCUT2D eigenvalue weighted by Crippen LogP contribution is 2.05. The van der Waals surface area contributed by atoms with Gasteiger partial charge in [-0.15, -0.1) is 0 Å². The molecule has 7 nitrogen and oxygen atoms in total. The van der Waals surface area contributed by atoms with E-state index in [-0.39, 0.29) is 5.91 Å². The molecule has 2 aromatic heterocycles. The fourth-order valence-corrected chi connectivity index (χ4v) is 1.97. The molecule has 2 heterocycles. The zero-order chi connectivity index (χ0) is 14.4. The van der Waals surface area contributed by atoms with Crippen LogP contribution in [0.1, 0.15) is 42.3 Å². The molecule has 0 saturated carbocycles. The Kier molecular flexibility index (Phi) is 4.86. The number of aromatic amines is 1. The van der Waals surface area contributed by atoms with Crippen molar-refractivity contribution >= 4 is 5.91 Å². The van der Waals surface area contributed by atoms with Gasteiger partial charge in [-0.3, -0.25) is 14.6 Å². The number of amides is 1.